The van der Waals surface area contributed by atoms with E-state index >= 15 is 0 Å². The first-order valence-corrected chi connectivity index (χ1v) is 14.6. The summed E-state index contributed by atoms with van der Waals surface area (Å²) in [4.78, 5) is 6.91. The van der Waals surface area contributed by atoms with Crippen LogP contribution in [0.2, 0.25) is 0 Å². The van der Waals surface area contributed by atoms with Gasteiger partial charge in [0.2, 0.25) is 0 Å². The Balaban J connectivity index is 1.17. The lowest BCUT2D eigenvalue weighted by atomic mass is 9.99. The van der Waals surface area contributed by atoms with E-state index in [1.807, 2.05) is 13.8 Å². The van der Waals surface area contributed by atoms with Crippen molar-refractivity contribution in [3.63, 3.8) is 0 Å². The average Bonchev–Trinajstić information content (AvgIpc) is 3.65. The van der Waals surface area contributed by atoms with Crippen LogP contribution < -0.4 is 19.5 Å². The van der Waals surface area contributed by atoms with Gasteiger partial charge in [0.1, 0.15) is 28.6 Å². The summed E-state index contributed by atoms with van der Waals surface area (Å²) in [7, 11) is 0. The Morgan fingerprint density at radius 3 is 2.35 bits per heavy atom. The molecule has 0 amide bonds. The van der Waals surface area contributed by atoms with E-state index in [1.165, 1.54) is 30.3 Å². The van der Waals surface area contributed by atoms with E-state index in [1.54, 1.807) is 12.1 Å². The van der Waals surface area contributed by atoms with Crippen LogP contribution in [-0.2, 0) is 6.54 Å². The molecule has 1 aliphatic heterocycles. The zero-order valence-electron chi connectivity index (χ0n) is 23.9. The van der Waals surface area contributed by atoms with Gasteiger partial charge in [0, 0.05) is 24.7 Å². The maximum Gasteiger partial charge on any atom is 0.573 e. The van der Waals surface area contributed by atoms with Crippen molar-refractivity contribution in [1.29, 1.82) is 0 Å². The summed E-state index contributed by atoms with van der Waals surface area (Å²) >= 11 is 0. The van der Waals surface area contributed by atoms with Crippen LogP contribution in [0.3, 0.4) is 0 Å². The Labute approximate surface area is 246 Å². The molecule has 0 bridgehead atoms. The molecule has 1 aromatic heterocycles. The smallest absolute Gasteiger partial charge is 0.493 e. The van der Waals surface area contributed by atoms with Crippen LogP contribution in [0.25, 0.3) is 22.2 Å². The molecule has 2 heterocycles. The number of fused-ring (bicyclic) bond motifs is 2. The molecule has 1 aliphatic carbocycles. The number of nitrogens with one attached hydrogen (secondary N) is 1. The minimum atomic E-state index is -4.78. The highest BCUT2D eigenvalue weighted by atomic mass is 19.4. The number of hydrogen-bond donors (Lipinski definition) is 1. The molecule has 7 nitrogen and oxygen atoms in total. The average molecular weight is 600 g/mol. The van der Waals surface area contributed by atoms with Crippen LogP contribution >= 0.6 is 0 Å². The minimum absolute atomic E-state index is 0.132. The standard InChI is InChI=1S/C32H33F4N3O4/c1-3-40-28-15-19(16-29(41-4-2)30(28)20-5-7-21(33)8-6-20)18-39-14-13-23-24(11-12-26(23)39)37-31-38-25-10-9-22(17-27(25)42-31)43-32(34,35)36/h5-10,15-17,23-24,26H,3-4,11-14,18H2,1-2H3,(H,37,38)/t23-,24?,26+/m0/s1. The molecule has 6 rings (SSSR count). The number of halogens is 4. The third-order valence-corrected chi connectivity index (χ3v) is 8.15. The lowest BCUT2D eigenvalue weighted by molar-refractivity contribution is -0.274. The largest absolute Gasteiger partial charge is 0.573 e. The summed E-state index contributed by atoms with van der Waals surface area (Å²) in [5.74, 6) is 1.13. The molecule has 1 saturated carbocycles. The maximum atomic E-state index is 13.6. The van der Waals surface area contributed by atoms with Gasteiger partial charge >= 0.3 is 6.36 Å². The van der Waals surface area contributed by atoms with Crippen molar-refractivity contribution in [3.8, 4) is 28.4 Å². The second kappa shape index (κ2) is 11.9. The van der Waals surface area contributed by atoms with E-state index in [4.69, 9.17) is 13.9 Å². The van der Waals surface area contributed by atoms with Gasteiger partial charge in [-0.05, 0) is 93.1 Å². The third-order valence-electron chi connectivity index (χ3n) is 8.15. The van der Waals surface area contributed by atoms with E-state index in [9.17, 15) is 17.6 Å². The van der Waals surface area contributed by atoms with Crippen molar-refractivity contribution < 1.29 is 36.2 Å². The number of likely N-dealkylation sites (tertiary alicyclic amines) is 1. The first kappa shape index (κ1) is 29.1. The van der Waals surface area contributed by atoms with Gasteiger partial charge in [0.25, 0.3) is 6.01 Å². The van der Waals surface area contributed by atoms with Crippen molar-refractivity contribution in [3.05, 3.63) is 66.0 Å². The van der Waals surface area contributed by atoms with E-state index in [2.05, 4.69) is 32.1 Å². The van der Waals surface area contributed by atoms with Crippen LogP contribution in [-0.4, -0.2) is 48.1 Å². The van der Waals surface area contributed by atoms with E-state index in [0.29, 0.717) is 48.2 Å². The monoisotopic (exact) mass is 599 g/mol. The molecule has 11 heteroatoms. The molecular weight excluding hydrogens is 566 g/mol. The Morgan fingerprint density at radius 1 is 0.953 bits per heavy atom. The molecule has 1 unspecified atom stereocenters. The molecule has 228 valence electrons. The molecule has 43 heavy (non-hydrogen) atoms. The second-order valence-electron chi connectivity index (χ2n) is 10.9. The van der Waals surface area contributed by atoms with Gasteiger partial charge < -0.3 is 23.9 Å². The summed E-state index contributed by atoms with van der Waals surface area (Å²) in [5, 5.41) is 3.40. The summed E-state index contributed by atoms with van der Waals surface area (Å²) in [6.45, 7) is 6.49. The number of hydrogen-bond acceptors (Lipinski definition) is 7. The molecular formula is C32H33F4N3O4. The zero-order valence-corrected chi connectivity index (χ0v) is 23.9. The van der Waals surface area contributed by atoms with E-state index < -0.39 is 6.36 Å². The fourth-order valence-corrected chi connectivity index (χ4v) is 6.48. The van der Waals surface area contributed by atoms with Gasteiger partial charge in [0.15, 0.2) is 5.58 Å². The van der Waals surface area contributed by atoms with Gasteiger partial charge in [-0.2, -0.15) is 4.98 Å². The second-order valence-corrected chi connectivity index (χ2v) is 10.9. The summed E-state index contributed by atoms with van der Waals surface area (Å²) < 4.78 is 73.3. The molecule has 3 aromatic carbocycles. The van der Waals surface area contributed by atoms with Gasteiger partial charge in [-0.1, -0.05) is 12.1 Å². The maximum absolute atomic E-state index is 13.6. The topological polar surface area (TPSA) is 69.0 Å². The number of oxazole rings is 1. The molecule has 3 atom stereocenters. The van der Waals surface area contributed by atoms with Crippen molar-refractivity contribution in [2.75, 3.05) is 25.1 Å². The fraction of sp³-hybridized carbons (Fsp3) is 0.406. The number of aromatic nitrogens is 1. The number of ether oxygens (including phenoxy) is 3. The Bertz CT molecular complexity index is 1550. The van der Waals surface area contributed by atoms with E-state index in [-0.39, 0.29) is 23.2 Å². The number of nitrogens with zero attached hydrogens (tertiary/aromatic N) is 2. The first-order chi connectivity index (χ1) is 20.7. The molecule has 2 fully saturated rings. The third kappa shape index (κ3) is 6.36. The van der Waals surface area contributed by atoms with Crippen LogP contribution in [0.5, 0.6) is 17.2 Å². The number of rotatable bonds is 10. The highest BCUT2D eigenvalue weighted by Gasteiger charge is 2.44. The lowest BCUT2D eigenvalue weighted by Gasteiger charge is -2.25. The molecule has 4 aromatic rings. The summed E-state index contributed by atoms with van der Waals surface area (Å²) in [5.41, 5.74) is 3.40. The van der Waals surface area contributed by atoms with Crippen molar-refractivity contribution in [1.82, 2.24) is 9.88 Å². The van der Waals surface area contributed by atoms with Crippen LogP contribution in [0.15, 0.2) is 59.0 Å². The van der Waals surface area contributed by atoms with Crippen LogP contribution in [0.4, 0.5) is 23.6 Å². The fourth-order valence-electron chi connectivity index (χ4n) is 6.48. The molecule has 2 aliphatic rings. The number of benzene rings is 3. The highest BCUT2D eigenvalue weighted by Crippen LogP contribution is 2.43. The van der Waals surface area contributed by atoms with Crippen molar-refractivity contribution >= 4 is 17.1 Å². The Hall–Kier alpha value is -3.99. The quantitative estimate of drug-likeness (QED) is 0.187. The van der Waals surface area contributed by atoms with Gasteiger partial charge in [-0.25, -0.2) is 4.39 Å². The normalized spacial score (nSPS) is 20.4. The lowest BCUT2D eigenvalue weighted by Crippen LogP contribution is -2.32. The number of anilines is 1. The predicted molar refractivity (Wildman–Crippen MR) is 154 cm³/mol. The Morgan fingerprint density at radius 2 is 1.67 bits per heavy atom. The Kier molecular flexibility index (Phi) is 8.09. The highest BCUT2D eigenvalue weighted by molar-refractivity contribution is 5.78. The summed E-state index contributed by atoms with van der Waals surface area (Å²) in [6, 6.07) is 15.1. The molecule has 0 radical (unpaired) electrons. The SMILES string of the molecule is CCOc1cc(CN2CC[C@H]3C(Nc4nc5ccc(OC(F)(F)F)cc5o4)CC[C@H]32)cc(OCC)c1-c1ccc(F)cc1. The van der Waals surface area contributed by atoms with Gasteiger partial charge in [0.05, 0.1) is 18.8 Å². The minimum Gasteiger partial charge on any atom is -0.493 e. The van der Waals surface area contributed by atoms with Gasteiger partial charge in [-0.3, -0.25) is 4.90 Å². The van der Waals surface area contributed by atoms with E-state index in [0.717, 1.165) is 49.0 Å². The van der Waals surface area contributed by atoms with Crippen molar-refractivity contribution in [2.24, 2.45) is 5.92 Å². The molecule has 1 saturated heterocycles. The zero-order chi connectivity index (χ0) is 30.1. The van der Waals surface area contributed by atoms with Crippen molar-refractivity contribution in [2.45, 2.75) is 58.1 Å². The molecule has 1 N–H and O–H groups in total. The predicted octanol–water partition coefficient (Wildman–Crippen LogP) is 7.79. The summed E-state index contributed by atoms with van der Waals surface area (Å²) in [6.07, 6.45) is -1.86. The number of alkyl halides is 3. The molecule has 0 spiro atoms. The van der Waals surface area contributed by atoms with Gasteiger partial charge in [-0.15, -0.1) is 13.2 Å². The van der Waals surface area contributed by atoms with Crippen LogP contribution in [0, 0.1) is 11.7 Å². The first-order valence-electron chi connectivity index (χ1n) is 14.6. The van der Waals surface area contributed by atoms with Crippen LogP contribution in [0.1, 0.15) is 38.7 Å².